The summed E-state index contributed by atoms with van der Waals surface area (Å²) >= 11 is 6.27. The van der Waals surface area contributed by atoms with E-state index in [1.807, 2.05) is 19.1 Å². The molecule has 1 aromatic heterocycles. The summed E-state index contributed by atoms with van der Waals surface area (Å²) in [6.45, 7) is 4.63. The maximum absolute atomic E-state index is 6.27. The van der Waals surface area contributed by atoms with Crippen molar-refractivity contribution in [1.82, 2.24) is 10.3 Å². The van der Waals surface area contributed by atoms with Crippen molar-refractivity contribution < 1.29 is 14.2 Å². The van der Waals surface area contributed by atoms with Gasteiger partial charge in [0.15, 0.2) is 5.75 Å². The highest BCUT2D eigenvalue weighted by molar-refractivity contribution is 6.32. The Bertz CT molecular complexity index is 718. The van der Waals surface area contributed by atoms with Crippen molar-refractivity contribution in [3.05, 3.63) is 41.0 Å². The molecule has 1 fully saturated rings. The van der Waals surface area contributed by atoms with E-state index in [0.717, 1.165) is 18.8 Å². The van der Waals surface area contributed by atoms with E-state index in [0.29, 0.717) is 40.7 Å². The topological polar surface area (TPSA) is 52.6 Å². The fourth-order valence-electron chi connectivity index (χ4n) is 2.77. The SMILES string of the molecule is COc1ccc(Oc2nc(C)ccc2OCC2CCCNC2)c(Cl)c1. The third kappa shape index (κ3) is 4.77. The zero-order chi connectivity index (χ0) is 17.6. The van der Waals surface area contributed by atoms with Crippen molar-refractivity contribution in [1.29, 1.82) is 0 Å². The molecule has 1 aliphatic heterocycles. The van der Waals surface area contributed by atoms with Crippen LogP contribution in [0.1, 0.15) is 18.5 Å². The number of ether oxygens (including phenoxy) is 3. The molecule has 2 aromatic rings. The van der Waals surface area contributed by atoms with Gasteiger partial charge in [0.2, 0.25) is 0 Å². The van der Waals surface area contributed by atoms with Crippen LogP contribution >= 0.6 is 11.6 Å². The normalized spacial score (nSPS) is 17.2. The third-order valence-corrected chi connectivity index (χ3v) is 4.48. The third-order valence-electron chi connectivity index (χ3n) is 4.18. The highest BCUT2D eigenvalue weighted by Gasteiger charge is 2.16. The summed E-state index contributed by atoms with van der Waals surface area (Å²) in [5.74, 6) is 2.76. The van der Waals surface area contributed by atoms with Crippen LogP contribution < -0.4 is 19.5 Å². The Hall–Kier alpha value is -1.98. The molecule has 0 bridgehead atoms. The van der Waals surface area contributed by atoms with E-state index in [1.165, 1.54) is 12.8 Å². The van der Waals surface area contributed by atoms with Crippen LogP contribution in [0.5, 0.6) is 23.1 Å². The fourth-order valence-corrected chi connectivity index (χ4v) is 2.98. The van der Waals surface area contributed by atoms with Crippen molar-refractivity contribution in [2.24, 2.45) is 5.92 Å². The quantitative estimate of drug-likeness (QED) is 0.833. The van der Waals surface area contributed by atoms with Gasteiger partial charge in [0.1, 0.15) is 11.5 Å². The molecule has 1 N–H and O–H groups in total. The molecule has 0 radical (unpaired) electrons. The van der Waals surface area contributed by atoms with Gasteiger partial charge in [-0.15, -0.1) is 0 Å². The highest BCUT2D eigenvalue weighted by Crippen LogP contribution is 2.35. The zero-order valence-corrected chi connectivity index (χ0v) is 15.3. The van der Waals surface area contributed by atoms with E-state index in [4.69, 9.17) is 25.8 Å². The Balaban J connectivity index is 1.74. The van der Waals surface area contributed by atoms with Gasteiger partial charge in [-0.3, -0.25) is 0 Å². The number of nitrogens with zero attached hydrogens (tertiary/aromatic N) is 1. The summed E-state index contributed by atoms with van der Waals surface area (Å²) in [4.78, 5) is 4.46. The lowest BCUT2D eigenvalue weighted by Gasteiger charge is -2.23. The molecule has 5 nitrogen and oxygen atoms in total. The Kier molecular flexibility index (Phi) is 6.00. The monoisotopic (exact) mass is 362 g/mol. The van der Waals surface area contributed by atoms with Crippen molar-refractivity contribution in [3.8, 4) is 23.1 Å². The van der Waals surface area contributed by atoms with Gasteiger partial charge >= 0.3 is 0 Å². The predicted molar refractivity (Wildman–Crippen MR) is 98.1 cm³/mol. The van der Waals surface area contributed by atoms with Crippen molar-refractivity contribution in [3.63, 3.8) is 0 Å². The zero-order valence-electron chi connectivity index (χ0n) is 14.5. The maximum Gasteiger partial charge on any atom is 0.262 e. The van der Waals surface area contributed by atoms with Gasteiger partial charge in [-0.05, 0) is 50.6 Å². The average Bonchev–Trinajstić information content (AvgIpc) is 2.63. The number of nitrogens with one attached hydrogen (secondary N) is 1. The molecule has 1 aromatic carbocycles. The number of hydrogen-bond donors (Lipinski definition) is 1. The Morgan fingerprint density at radius 3 is 2.80 bits per heavy atom. The van der Waals surface area contributed by atoms with Crippen LogP contribution in [0.2, 0.25) is 5.02 Å². The summed E-state index contributed by atoms with van der Waals surface area (Å²) in [5, 5.41) is 3.86. The minimum Gasteiger partial charge on any atom is -0.497 e. The Labute approximate surface area is 153 Å². The fraction of sp³-hybridized carbons (Fsp3) is 0.421. The molecular weight excluding hydrogens is 340 g/mol. The van der Waals surface area contributed by atoms with E-state index in [9.17, 15) is 0 Å². The number of methoxy groups -OCH3 is 1. The highest BCUT2D eigenvalue weighted by atomic mass is 35.5. The number of pyridine rings is 1. The summed E-state index contributed by atoms with van der Waals surface area (Å²) in [7, 11) is 1.60. The lowest BCUT2D eigenvalue weighted by molar-refractivity contribution is 0.211. The second-order valence-corrected chi connectivity index (χ2v) is 6.58. The number of benzene rings is 1. The number of piperidine rings is 1. The van der Waals surface area contributed by atoms with Crippen LogP contribution in [-0.2, 0) is 0 Å². The number of aryl methyl sites for hydroxylation is 1. The molecule has 2 heterocycles. The first-order valence-corrected chi connectivity index (χ1v) is 8.86. The second kappa shape index (κ2) is 8.41. The molecule has 0 spiro atoms. The van der Waals surface area contributed by atoms with Gasteiger partial charge in [-0.2, -0.15) is 0 Å². The Morgan fingerprint density at radius 2 is 2.08 bits per heavy atom. The predicted octanol–water partition coefficient (Wildman–Crippen LogP) is 4.22. The number of rotatable bonds is 6. The smallest absolute Gasteiger partial charge is 0.262 e. The van der Waals surface area contributed by atoms with Crippen LogP contribution in [0.25, 0.3) is 0 Å². The molecule has 1 atom stereocenters. The Morgan fingerprint density at radius 1 is 1.24 bits per heavy atom. The van der Waals surface area contributed by atoms with Gasteiger partial charge < -0.3 is 19.5 Å². The molecule has 0 aliphatic carbocycles. The summed E-state index contributed by atoms with van der Waals surface area (Å²) in [5.41, 5.74) is 0.853. The van der Waals surface area contributed by atoms with Gasteiger partial charge in [0, 0.05) is 24.2 Å². The molecule has 134 valence electrons. The van der Waals surface area contributed by atoms with Crippen LogP contribution in [0.3, 0.4) is 0 Å². The van der Waals surface area contributed by atoms with Gasteiger partial charge in [-0.25, -0.2) is 4.98 Å². The van der Waals surface area contributed by atoms with Crippen molar-refractivity contribution >= 4 is 11.6 Å². The molecule has 3 rings (SSSR count). The second-order valence-electron chi connectivity index (χ2n) is 6.18. The molecule has 0 amide bonds. The molecule has 0 saturated carbocycles. The lowest BCUT2D eigenvalue weighted by Crippen LogP contribution is -2.33. The first-order chi connectivity index (χ1) is 12.2. The van der Waals surface area contributed by atoms with Crippen molar-refractivity contribution in [2.45, 2.75) is 19.8 Å². The van der Waals surface area contributed by atoms with E-state index in [1.54, 1.807) is 25.3 Å². The number of hydrogen-bond acceptors (Lipinski definition) is 5. The summed E-state index contributed by atoms with van der Waals surface area (Å²) < 4.78 is 17.1. The number of halogens is 1. The summed E-state index contributed by atoms with van der Waals surface area (Å²) in [6, 6.07) is 9.08. The van der Waals surface area contributed by atoms with Gasteiger partial charge in [0.25, 0.3) is 5.88 Å². The van der Waals surface area contributed by atoms with Crippen LogP contribution in [0.4, 0.5) is 0 Å². The van der Waals surface area contributed by atoms with Crippen LogP contribution in [-0.4, -0.2) is 31.8 Å². The minimum atomic E-state index is 0.427. The van der Waals surface area contributed by atoms with Gasteiger partial charge in [-0.1, -0.05) is 11.6 Å². The van der Waals surface area contributed by atoms with E-state index in [-0.39, 0.29) is 0 Å². The summed E-state index contributed by atoms with van der Waals surface area (Å²) in [6.07, 6.45) is 2.36. The van der Waals surface area contributed by atoms with Crippen molar-refractivity contribution in [2.75, 3.05) is 26.8 Å². The minimum absolute atomic E-state index is 0.427. The molecule has 1 aliphatic rings. The standard InChI is InChI=1S/C19H23ClN2O3/c1-13-5-7-18(24-12-14-4-3-9-21-11-14)19(22-13)25-17-8-6-15(23-2)10-16(17)20/h5-8,10,14,21H,3-4,9,11-12H2,1-2H3. The largest absolute Gasteiger partial charge is 0.497 e. The van der Waals surface area contributed by atoms with E-state index >= 15 is 0 Å². The van der Waals surface area contributed by atoms with Gasteiger partial charge in [0.05, 0.1) is 18.7 Å². The lowest BCUT2D eigenvalue weighted by atomic mass is 10.0. The average molecular weight is 363 g/mol. The molecule has 6 heteroatoms. The van der Waals surface area contributed by atoms with Crippen LogP contribution in [0.15, 0.2) is 30.3 Å². The van der Waals surface area contributed by atoms with E-state index in [2.05, 4.69) is 10.3 Å². The first-order valence-electron chi connectivity index (χ1n) is 8.48. The first kappa shape index (κ1) is 17.8. The molecule has 1 saturated heterocycles. The van der Waals surface area contributed by atoms with Crippen LogP contribution in [0, 0.1) is 12.8 Å². The molecule has 1 unspecified atom stereocenters. The molecule has 25 heavy (non-hydrogen) atoms. The molecular formula is C19H23ClN2O3. The maximum atomic E-state index is 6.27. The number of aromatic nitrogens is 1. The van der Waals surface area contributed by atoms with E-state index < -0.39 is 0 Å².